The van der Waals surface area contributed by atoms with Crippen LogP contribution in [0.25, 0.3) is 0 Å². The minimum atomic E-state index is 0.0780. The number of carbonyl (C=O) groups excluding carboxylic acids is 1. The highest BCUT2D eigenvalue weighted by molar-refractivity contribution is 5.76. The number of benzene rings is 1. The minimum Gasteiger partial charge on any atom is -0.466 e. The van der Waals surface area contributed by atoms with Crippen molar-refractivity contribution in [2.24, 2.45) is 5.92 Å². The Labute approximate surface area is 143 Å². The highest BCUT2D eigenvalue weighted by atomic mass is 16.3. The van der Waals surface area contributed by atoms with Gasteiger partial charge in [0.2, 0.25) is 5.91 Å². The van der Waals surface area contributed by atoms with E-state index in [0.29, 0.717) is 25.3 Å². The molecule has 0 bridgehead atoms. The Morgan fingerprint density at radius 3 is 2.71 bits per heavy atom. The Morgan fingerprint density at radius 2 is 2.00 bits per heavy atom. The average molecular weight is 326 g/mol. The quantitative estimate of drug-likeness (QED) is 0.806. The van der Waals surface area contributed by atoms with Crippen molar-refractivity contribution < 1.29 is 9.21 Å². The number of para-hydroxylation sites is 1. The van der Waals surface area contributed by atoms with E-state index in [2.05, 4.69) is 35.3 Å². The summed E-state index contributed by atoms with van der Waals surface area (Å²) in [5.41, 5.74) is 1.16. The lowest BCUT2D eigenvalue weighted by molar-refractivity contribution is -0.121. The van der Waals surface area contributed by atoms with Gasteiger partial charge in [-0.05, 0) is 36.6 Å². The van der Waals surface area contributed by atoms with Gasteiger partial charge < -0.3 is 14.6 Å². The summed E-state index contributed by atoms with van der Waals surface area (Å²) in [7, 11) is 2.03. The fourth-order valence-electron chi connectivity index (χ4n) is 2.95. The summed E-state index contributed by atoms with van der Waals surface area (Å²) in [4.78, 5) is 14.1. The molecule has 1 N–H and O–H groups in total. The molecule has 0 spiro atoms. The number of hydrogen-bond acceptors (Lipinski definition) is 3. The second kappa shape index (κ2) is 7.56. The lowest BCUT2D eigenvalue weighted by atomic mass is 10.2. The lowest BCUT2D eigenvalue weighted by Gasteiger charge is -2.19. The fourth-order valence-corrected chi connectivity index (χ4v) is 2.95. The summed E-state index contributed by atoms with van der Waals surface area (Å²) in [6.07, 6.45) is 2.37. The van der Waals surface area contributed by atoms with E-state index in [1.54, 1.807) is 0 Å². The second-order valence-electron chi connectivity index (χ2n) is 6.73. The molecule has 1 aromatic heterocycles. The van der Waals surface area contributed by atoms with Gasteiger partial charge in [0, 0.05) is 44.6 Å². The predicted molar refractivity (Wildman–Crippen MR) is 96.3 cm³/mol. The van der Waals surface area contributed by atoms with Crippen LogP contribution in [0.2, 0.25) is 0 Å². The number of carbonyl (C=O) groups is 1. The van der Waals surface area contributed by atoms with Crippen molar-refractivity contribution in [1.82, 2.24) is 5.32 Å². The molecular weight excluding hydrogens is 300 g/mol. The maximum Gasteiger partial charge on any atom is 0.220 e. The molecule has 1 amide bonds. The zero-order valence-corrected chi connectivity index (χ0v) is 14.5. The SMILES string of the molecule is CC1CC1c1ccc(CCC(=O)NCCN(C)c2ccccc2)o1. The Kier molecular flexibility index (Phi) is 5.24. The van der Waals surface area contributed by atoms with Gasteiger partial charge in [-0.25, -0.2) is 0 Å². The zero-order valence-electron chi connectivity index (χ0n) is 14.5. The van der Waals surface area contributed by atoms with Gasteiger partial charge >= 0.3 is 0 Å². The smallest absolute Gasteiger partial charge is 0.220 e. The average Bonchev–Trinajstić information content (AvgIpc) is 3.14. The number of nitrogens with zero attached hydrogens (tertiary/aromatic N) is 1. The molecule has 128 valence electrons. The van der Waals surface area contributed by atoms with E-state index in [-0.39, 0.29) is 5.91 Å². The maximum atomic E-state index is 12.0. The third-order valence-corrected chi connectivity index (χ3v) is 4.72. The van der Waals surface area contributed by atoms with Crippen LogP contribution in [0.3, 0.4) is 0 Å². The van der Waals surface area contributed by atoms with Gasteiger partial charge in [-0.15, -0.1) is 0 Å². The first-order chi connectivity index (χ1) is 11.6. The summed E-state index contributed by atoms with van der Waals surface area (Å²) in [5.74, 6) is 3.42. The van der Waals surface area contributed by atoms with Crippen molar-refractivity contribution in [3.8, 4) is 0 Å². The van der Waals surface area contributed by atoms with Crippen LogP contribution < -0.4 is 10.2 Å². The van der Waals surface area contributed by atoms with E-state index < -0.39 is 0 Å². The van der Waals surface area contributed by atoms with Crippen molar-refractivity contribution in [1.29, 1.82) is 0 Å². The molecule has 4 heteroatoms. The molecule has 0 aliphatic heterocycles. The van der Waals surface area contributed by atoms with Crippen LogP contribution in [0.1, 0.15) is 37.2 Å². The molecular formula is C20H26N2O2. The molecule has 1 heterocycles. The molecule has 1 fully saturated rings. The van der Waals surface area contributed by atoms with Gasteiger partial charge in [0.05, 0.1) is 0 Å². The molecule has 1 aliphatic rings. The number of likely N-dealkylation sites (N-methyl/N-ethyl adjacent to an activating group) is 1. The van der Waals surface area contributed by atoms with Gasteiger partial charge in [0.25, 0.3) is 0 Å². The van der Waals surface area contributed by atoms with Gasteiger partial charge in [-0.2, -0.15) is 0 Å². The first-order valence-corrected chi connectivity index (χ1v) is 8.75. The number of hydrogen-bond donors (Lipinski definition) is 1. The minimum absolute atomic E-state index is 0.0780. The van der Waals surface area contributed by atoms with E-state index in [4.69, 9.17) is 4.42 Å². The highest BCUT2D eigenvalue weighted by Gasteiger charge is 2.36. The molecule has 1 saturated carbocycles. The predicted octanol–water partition coefficient (Wildman–Crippen LogP) is 3.59. The van der Waals surface area contributed by atoms with E-state index >= 15 is 0 Å². The number of furan rings is 1. The van der Waals surface area contributed by atoms with Crippen molar-refractivity contribution in [2.75, 3.05) is 25.0 Å². The standard InChI is InChI=1S/C20H26N2O2/c1-15-14-18(15)19-10-8-17(24-19)9-11-20(23)21-12-13-22(2)16-6-4-3-5-7-16/h3-8,10,15,18H,9,11-14H2,1-2H3,(H,21,23). The summed E-state index contributed by atoms with van der Waals surface area (Å²) in [6.45, 7) is 3.68. The molecule has 0 radical (unpaired) electrons. The second-order valence-corrected chi connectivity index (χ2v) is 6.73. The van der Waals surface area contributed by atoms with E-state index in [0.717, 1.165) is 29.7 Å². The normalized spacial score (nSPS) is 19.1. The number of anilines is 1. The van der Waals surface area contributed by atoms with Crippen molar-refractivity contribution in [2.45, 2.75) is 32.1 Å². The van der Waals surface area contributed by atoms with Gasteiger partial charge in [-0.3, -0.25) is 4.79 Å². The molecule has 2 unspecified atom stereocenters. The Balaban J connectivity index is 1.35. The topological polar surface area (TPSA) is 45.5 Å². The van der Waals surface area contributed by atoms with Gasteiger partial charge in [0.15, 0.2) is 0 Å². The van der Waals surface area contributed by atoms with E-state index in [1.165, 1.54) is 6.42 Å². The Morgan fingerprint density at radius 1 is 1.25 bits per heavy atom. The van der Waals surface area contributed by atoms with Crippen LogP contribution in [0.4, 0.5) is 5.69 Å². The highest BCUT2D eigenvalue weighted by Crippen LogP contribution is 2.47. The van der Waals surface area contributed by atoms with E-state index in [1.807, 2.05) is 31.3 Å². The molecule has 0 saturated heterocycles. The van der Waals surface area contributed by atoms with Gasteiger partial charge in [0.1, 0.15) is 11.5 Å². The third kappa shape index (κ3) is 4.40. The van der Waals surface area contributed by atoms with Crippen molar-refractivity contribution >= 4 is 11.6 Å². The largest absolute Gasteiger partial charge is 0.466 e. The fraction of sp³-hybridized carbons (Fsp3) is 0.450. The van der Waals surface area contributed by atoms with E-state index in [9.17, 15) is 4.79 Å². The summed E-state index contributed by atoms with van der Waals surface area (Å²) < 4.78 is 5.84. The lowest BCUT2D eigenvalue weighted by Crippen LogP contribution is -2.33. The van der Waals surface area contributed by atoms with Crippen LogP contribution >= 0.6 is 0 Å². The van der Waals surface area contributed by atoms with Crippen LogP contribution in [-0.2, 0) is 11.2 Å². The first kappa shape index (κ1) is 16.6. The third-order valence-electron chi connectivity index (χ3n) is 4.72. The molecule has 1 aliphatic carbocycles. The first-order valence-electron chi connectivity index (χ1n) is 8.75. The number of amides is 1. The Hall–Kier alpha value is -2.23. The molecule has 3 rings (SSSR count). The number of nitrogens with one attached hydrogen (secondary N) is 1. The molecule has 2 atom stereocenters. The summed E-state index contributed by atoms with van der Waals surface area (Å²) in [5, 5.41) is 2.98. The number of rotatable bonds is 8. The van der Waals surface area contributed by atoms with Crippen LogP contribution in [0, 0.1) is 5.92 Å². The van der Waals surface area contributed by atoms with Crippen molar-refractivity contribution in [3.05, 3.63) is 54.0 Å². The Bertz CT molecular complexity index is 665. The number of aryl methyl sites for hydroxylation is 1. The molecule has 1 aromatic carbocycles. The summed E-state index contributed by atoms with van der Waals surface area (Å²) in [6, 6.07) is 14.2. The van der Waals surface area contributed by atoms with Crippen molar-refractivity contribution in [3.63, 3.8) is 0 Å². The molecule has 4 nitrogen and oxygen atoms in total. The van der Waals surface area contributed by atoms with Crippen LogP contribution in [0.15, 0.2) is 46.9 Å². The summed E-state index contributed by atoms with van der Waals surface area (Å²) >= 11 is 0. The maximum absolute atomic E-state index is 12.0. The monoisotopic (exact) mass is 326 g/mol. The molecule has 2 aromatic rings. The van der Waals surface area contributed by atoms with Crippen LogP contribution in [0.5, 0.6) is 0 Å². The van der Waals surface area contributed by atoms with Gasteiger partial charge in [-0.1, -0.05) is 25.1 Å². The molecule has 24 heavy (non-hydrogen) atoms. The van der Waals surface area contributed by atoms with Crippen LogP contribution in [-0.4, -0.2) is 26.0 Å². The zero-order chi connectivity index (χ0) is 16.9.